The Labute approximate surface area is 249 Å². The van der Waals surface area contributed by atoms with Crippen LogP contribution in [-0.2, 0) is 32.0 Å². The molecule has 2 aromatic rings. The van der Waals surface area contributed by atoms with Gasteiger partial charge in [0, 0.05) is 50.4 Å². The molecule has 42 heavy (non-hydrogen) atoms. The number of nitrogens with zero attached hydrogens (tertiary/aromatic N) is 2. The average molecular weight is 587 g/mol. The molecule has 1 saturated heterocycles. The molecule has 1 fully saturated rings. The van der Waals surface area contributed by atoms with E-state index in [1.54, 1.807) is 36.4 Å². The minimum Gasteiger partial charge on any atom is -0.508 e. The van der Waals surface area contributed by atoms with Crippen molar-refractivity contribution >= 4 is 0 Å². The summed E-state index contributed by atoms with van der Waals surface area (Å²) in [6, 6.07) is 10.5. The molecular weight excluding hydrogens is 540 g/mol. The molecule has 1 aliphatic heterocycles. The summed E-state index contributed by atoms with van der Waals surface area (Å²) in [6.45, 7) is 15.9. The molecule has 1 heterocycles. The largest absolute Gasteiger partial charge is 0.508 e. The summed E-state index contributed by atoms with van der Waals surface area (Å²) in [5, 5.41) is 20.8. The van der Waals surface area contributed by atoms with E-state index in [0.29, 0.717) is 117 Å². The van der Waals surface area contributed by atoms with Gasteiger partial charge in [0.25, 0.3) is 0 Å². The van der Waals surface area contributed by atoms with Crippen LogP contribution in [0.4, 0.5) is 0 Å². The average Bonchev–Trinajstić information content (AvgIpc) is 2.99. The normalized spacial score (nSPS) is 17.5. The van der Waals surface area contributed by atoms with Crippen LogP contribution in [0.1, 0.15) is 11.1 Å². The molecule has 0 spiro atoms. The number of aromatic hydroxyl groups is 2. The van der Waals surface area contributed by atoms with E-state index in [1.165, 1.54) is 0 Å². The molecule has 0 saturated carbocycles. The lowest BCUT2D eigenvalue weighted by Crippen LogP contribution is -2.32. The van der Waals surface area contributed by atoms with Crippen molar-refractivity contribution in [3.63, 3.8) is 0 Å². The first-order chi connectivity index (χ1) is 20.6. The van der Waals surface area contributed by atoms with Gasteiger partial charge in [0.1, 0.15) is 36.2 Å². The molecule has 10 heteroatoms. The molecule has 2 N–H and O–H groups in total. The van der Waals surface area contributed by atoms with Gasteiger partial charge in [-0.15, -0.1) is 0 Å². The molecule has 0 amide bonds. The van der Waals surface area contributed by atoms with Crippen LogP contribution in [0.5, 0.6) is 23.0 Å². The van der Waals surface area contributed by atoms with Crippen LogP contribution in [0.2, 0.25) is 0 Å². The molecule has 0 radical (unpaired) electrons. The third-order valence-corrected chi connectivity index (χ3v) is 6.58. The zero-order valence-corrected chi connectivity index (χ0v) is 24.6. The summed E-state index contributed by atoms with van der Waals surface area (Å²) in [4.78, 5) is 4.36. The highest BCUT2D eigenvalue weighted by Gasteiger charge is 2.13. The first-order valence-corrected chi connectivity index (χ1v) is 14.5. The van der Waals surface area contributed by atoms with Crippen LogP contribution in [0.15, 0.2) is 61.7 Å². The third-order valence-electron chi connectivity index (χ3n) is 6.58. The van der Waals surface area contributed by atoms with Crippen molar-refractivity contribution in [2.45, 2.75) is 13.1 Å². The quantitative estimate of drug-likeness (QED) is 0.402. The van der Waals surface area contributed by atoms with Crippen LogP contribution in [-0.4, -0.2) is 112 Å². The Morgan fingerprint density at radius 1 is 0.595 bits per heavy atom. The van der Waals surface area contributed by atoms with Gasteiger partial charge in [0.05, 0.1) is 52.9 Å². The maximum Gasteiger partial charge on any atom is 0.120 e. The summed E-state index contributed by atoms with van der Waals surface area (Å²) in [5.41, 5.74) is 1.55. The summed E-state index contributed by atoms with van der Waals surface area (Å²) < 4.78 is 34.6. The number of phenolic OH excluding ortho intramolecular Hbond substituents is 2. The van der Waals surface area contributed by atoms with Crippen LogP contribution < -0.4 is 9.47 Å². The molecule has 0 bridgehead atoms. The number of hydrogen-bond acceptors (Lipinski definition) is 10. The molecule has 0 unspecified atom stereocenters. The maximum atomic E-state index is 10.4. The predicted molar refractivity (Wildman–Crippen MR) is 161 cm³/mol. The maximum absolute atomic E-state index is 10.4. The molecule has 2 aromatic carbocycles. The van der Waals surface area contributed by atoms with E-state index < -0.39 is 0 Å². The number of benzene rings is 2. The highest BCUT2D eigenvalue weighted by atomic mass is 16.5. The Hall–Kier alpha value is -3.12. The topological polar surface area (TPSA) is 102 Å². The van der Waals surface area contributed by atoms with Gasteiger partial charge in [0.2, 0.25) is 0 Å². The molecule has 0 aliphatic carbocycles. The molecule has 3 rings (SSSR count). The molecule has 1 aliphatic rings. The minimum atomic E-state index is 0.224. The van der Waals surface area contributed by atoms with Gasteiger partial charge in [-0.1, -0.05) is 25.3 Å². The SMILES string of the molecule is C=CCOc1ccc(O)c(CN2CCOCCOCCN(Cc3cc(OCC=C)ccc3O)CCOCCOCC2)c1. The van der Waals surface area contributed by atoms with Gasteiger partial charge < -0.3 is 38.6 Å². The Balaban J connectivity index is 1.51. The van der Waals surface area contributed by atoms with E-state index >= 15 is 0 Å². The van der Waals surface area contributed by atoms with Crippen molar-refractivity contribution in [1.82, 2.24) is 9.80 Å². The smallest absolute Gasteiger partial charge is 0.120 e. The minimum absolute atomic E-state index is 0.224. The van der Waals surface area contributed by atoms with Gasteiger partial charge >= 0.3 is 0 Å². The standard InChI is InChI=1S/C32H46N2O8/c1-3-13-41-29-5-7-31(35)27(23-29)25-33-9-15-37-19-21-39-17-11-34(12-18-40-22-20-38-16-10-33)26-28-24-30(42-14-4-2)6-8-32(28)36/h3-8,23-24,35-36H,1-2,9-22,25-26H2. The summed E-state index contributed by atoms with van der Waals surface area (Å²) in [5.74, 6) is 1.82. The Morgan fingerprint density at radius 3 is 1.29 bits per heavy atom. The van der Waals surface area contributed by atoms with E-state index in [0.717, 1.165) is 11.1 Å². The van der Waals surface area contributed by atoms with Crippen molar-refractivity contribution in [2.75, 3.05) is 92.2 Å². The fourth-order valence-electron chi connectivity index (χ4n) is 4.31. The van der Waals surface area contributed by atoms with Crippen molar-refractivity contribution in [2.24, 2.45) is 0 Å². The van der Waals surface area contributed by atoms with Crippen molar-refractivity contribution in [1.29, 1.82) is 0 Å². The predicted octanol–water partition coefficient (Wildman–Crippen LogP) is 3.61. The van der Waals surface area contributed by atoms with E-state index in [-0.39, 0.29) is 11.5 Å². The van der Waals surface area contributed by atoms with Gasteiger partial charge in [-0.25, -0.2) is 0 Å². The highest BCUT2D eigenvalue weighted by Crippen LogP contribution is 2.25. The lowest BCUT2D eigenvalue weighted by atomic mass is 10.1. The molecule has 0 atom stereocenters. The highest BCUT2D eigenvalue weighted by molar-refractivity contribution is 5.40. The second kappa shape index (κ2) is 19.9. The van der Waals surface area contributed by atoms with Crippen molar-refractivity contribution in [3.8, 4) is 23.0 Å². The van der Waals surface area contributed by atoms with Crippen LogP contribution in [0.3, 0.4) is 0 Å². The summed E-state index contributed by atoms with van der Waals surface area (Å²) >= 11 is 0. The molecule has 0 aromatic heterocycles. The first-order valence-electron chi connectivity index (χ1n) is 14.5. The van der Waals surface area contributed by atoms with E-state index in [9.17, 15) is 10.2 Å². The second-order valence-corrected chi connectivity index (χ2v) is 9.78. The Kier molecular flexibility index (Phi) is 15.8. The Bertz CT molecular complexity index is 963. The Morgan fingerprint density at radius 2 is 0.952 bits per heavy atom. The lowest BCUT2D eigenvalue weighted by molar-refractivity contribution is 0.00610. The fourth-order valence-corrected chi connectivity index (χ4v) is 4.31. The van der Waals surface area contributed by atoms with E-state index in [4.69, 9.17) is 28.4 Å². The molecule has 10 nitrogen and oxygen atoms in total. The fraction of sp³-hybridized carbons (Fsp3) is 0.500. The molecular formula is C32H46N2O8. The monoisotopic (exact) mass is 586 g/mol. The van der Waals surface area contributed by atoms with E-state index in [2.05, 4.69) is 23.0 Å². The van der Waals surface area contributed by atoms with Crippen LogP contribution >= 0.6 is 0 Å². The number of phenols is 2. The number of rotatable bonds is 10. The zero-order valence-electron chi connectivity index (χ0n) is 24.6. The van der Waals surface area contributed by atoms with Crippen molar-refractivity contribution in [3.05, 3.63) is 72.8 Å². The van der Waals surface area contributed by atoms with Gasteiger partial charge in [-0.05, 0) is 36.4 Å². The van der Waals surface area contributed by atoms with Gasteiger partial charge in [-0.2, -0.15) is 0 Å². The summed E-state index contributed by atoms with van der Waals surface area (Å²) in [6.07, 6.45) is 3.38. The first kappa shape index (κ1) is 33.4. The number of ether oxygens (including phenoxy) is 6. The van der Waals surface area contributed by atoms with E-state index in [1.807, 2.05) is 12.1 Å². The lowest BCUT2D eigenvalue weighted by Gasteiger charge is -2.24. The zero-order chi connectivity index (χ0) is 29.8. The summed E-state index contributed by atoms with van der Waals surface area (Å²) in [7, 11) is 0. The van der Waals surface area contributed by atoms with Crippen LogP contribution in [0.25, 0.3) is 0 Å². The number of hydrogen-bond donors (Lipinski definition) is 2. The third kappa shape index (κ3) is 12.8. The molecule has 232 valence electrons. The van der Waals surface area contributed by atoms with Gasteiger partial charge in [-0.3, -0.25) is 9.80 Å². The van der Waals surface area contributed by atoms with Crippen LogP contribution in [0, 0.1) is 0 Å². The van der Waals surface area contributed by atoms with Crippen molar-refractivity contribution < 1.29 is 38.6 Å². The second-order valence-electron chi connectivity index (χ2n) is 9.78. The van der Waals surface area contributed by atoms with Gasteiger partial charge in [0.15, 0.2) is 0 Å².